The lowest BCUT2D eigenvalue weighted by Crippen LogP contribution is -2.42. The standard InChI is InChI=1S/C32H35FN6O3S/c1-7-11-29(35-10-4)43-28-17-26(27(40)15-21(28)6)36-30-37-31(41)39(24(9-3)14-20(5)8-2)32(42)38(30)19-22-12-13-25(33)23(16-22)18-34/h8-9,11-17,35,40H,2,7,10,19H2,1,3-6H3,(H,36,37,41)/b20-14-,24-9+,29-11+. The highest BCUT2D eigenvalue weighted by Crippen LogP contribution is 2.36. The van der Waals surface area contributed by atoms with Gasteiger partial charge in [0.05, 0.1) is 28.5 Å². The number of nitrogens with one attached hydrogen (secondary N) is 2. The number of benzene rings is 2. The number of allylic oxidation sites excluding steroid dienone is 6. The Morgan fingerprint density at radius 2 is 2.00 bits per heavy atom. The summed E-state index contributed by atoms with van der Waals surface area (Å²) >= 11 is 1.49. The van der Waals surface area contributed by atoms with Crippen LogP contribution in [0.3, 0.4) is 0 Å². The summed E-state index contributed by atoms with van der Waals surface area (Å²) in [5.41, 5.74) is 0.724. The molecule has 0 fully saturated rings. The Hall–Kier alpha value is -4.82. The summed E-state index contributed by atoms with van der Waals surface area (Å²) < 4.78 is 16.2. The molecule has 0 aliphatic rings. The molecule has 3 N–H and O–H groups in total. The normalized spacial score (nSPS) is 12.2. The van der Waals surface area contributed by atoms with Crippen LogP contribution < -0.4 is 22.0 Å². The Labute approximate surface area is 254 Å². The van der Waals surface area contributed by atoms with Gasteiger partial charge >= 0.3 is 11.4 Å². The molecule has 0 spiro atoms. The minimum atomic E-state index is -0.844. The molecule has 0 aliphatic heterocycles. The van der Waals surface area contributed by atoms with Crippen LogP contribution in [0.4, 0.5) is 16.0 Å². The molecule has 0 radical (unpaired) electrons. The molecule has 0 saturated carbocycles. The molecule has 3 rings (SSSR count). The highest BCUT2D eigenvalue weighted by molar-refractivity contribution is 8.03. The van der Waals surface area contributed by atoms with Gasteiger partial charge in [0.2, 0.25) is 5.95 Å². The smallest absolute Gasteiger partial charge is 0.359 e. The van der Waals surface area contributed by atoms with Crippen molar-refractivity contribution in [3.8, 4) is 11.8 Å². The van der Waals surface area contributed by atoms with Crippen LogP contribution in [0, 0.1) is 24.1 Å². The Morgan fingerprint density at radius 1 is 1.26 bits per heavy atom. The zero-order chi connectivity index (χ0) is 31.7. The lowest BCUT2D eigenvalue weighted by molar-refractivity contribution is 0.476. The van der Waals surface area contributed by atoms with E-state index in [0.717, 1.165) is 39.1 Å². The molecule has 0 amide bonds. The first kappa shape index (κ1) is 32.7. The first-order chi connectivity index (χ1) is 20.6. The second-order valence-corrected chi connectivity index (χ2v) is 10.6. The molecule has 0 saturated heterocycles. The van der Waals surface area contributed by atoms with Crippen LogP contribution in [0.25, 0.3) is 5.70 Å². The first-order valence-electron chi connectivity index (χ1n) is 13.7. The molecular weight excluding hydrogens is 567 g/mol. The third-order valence-electron chi connectivity index (χ3n) is 6.31. The number of nitriles is 1. The van der Waals surface area contributed by atoms with Crippen LogP contribution in [0.15, 0.2) is 86.3 Å². The highest BCUT2D eigenvalue weighted by Gasteiger charge is 2.18. The summed E-state index contributed by atoms with van der Waals surface area (Å²) in [6.45, 7) is 13.7. The topological polar surface area (TPSA) is 125 Å². The number of nitrogens with zero attached hydrogens (tertiary/aromatic N) is 4. The van der Waals surface area contributed by atoms with Crippen molar-refractivity contribution in [3.63, 3.8) is 0 Å². The van der Waals surface area contributed by atoms with Crippen LogP contribution in [0.1, 0.15) is 50.8 Å². The summed E-state index contributed by atoms with van der Waals surface area (Å²) in [5.74, 6) is -0.937. The monoisotopic (exact) mass is 602 g/mol. The predicted octanol–water partition coefficient (Wildman–Crippen LogP) is 6.17. The predicted molar refractivity (Wildman–Crippen MR) is 171 cm³/mol. The van der Waals surface area contributed by atoms with Crippen LogP contribution in [0.5, 0.6) is 5.75 Å². The molecule has 1 heterocycles. The van der Waals surface area contributed by atoms with Crippen molar-refractivity contribution >= 4 is 29.1 Å². The van der Waals surface area contributed by atoms with E-state index < -0.39 is 17.2 Å². The lowest BCUT2D eigenvalue weighted by atomic mass is 10.1. The number of hydrogen-bond donors (Lipinski definition) is 3. The maximum absolute atomic E-state index is 14.1. The molecule has 0 atom stereocenters. The van der Waals surface area contributed by atoms with E-state index in [1.54, 1.807) is 50.3 Å². The summed E-state index contributed by atoms with van der Waals surface area (Å²) in [7, 11) is 0. The molecule has 43 heavy (non-hydrogen) atoms. The van der Waals surface area contributed by atoms with Gasteiger partial charge in [-0.15, -0.1) is 0 Å². The summed E-state index contributed by atoms with van der Waals surface area (Å²) in [6.07, 6.45) is 7.71. The molecule has 0 aliphatic carbocycles. The van der Waals surface area contributed by atoms with E-state index in [-0.39, 0.29) is 35.2 Å². The fourth-order valence-corrected chi connectivity index (χ4v) is 5.19. The largest absolute Gasteiger partial charge is 0.506 e. The van der Waals surface area contributed by atoms with Crippen LogP contribution in [0.2, 0.25) is 0 Å². The van der Waals surface area contributed by atoms with Gasteiger partial charge in [0.1, 0.15) is 17.6 Å². The second-order valence-electron chi connectivity index (χ2n) is 9.52. The fraction of sp³-hybridized carbons (Fsp3) is 0.250. The van der Waals surface area contributed by atoms with Gasteiger partial charge in [-0.05, 0) is 81.2 Å². The van der Waals surface area contributed by atoms with Gasteiger partial charge in [-0.2, -0.15) is 10.2 Å². The molecule has 9 nitrogen and oxygen atoms in total. The molecule has 0 bridgehead atoms. The molecule has 1 aromatic heterocycles. The van der Waals surface area contributed by atoms with E-state index >= 15 is 0 Å². The van der Waals surface area contributed by atoms with Crippen molar-refractivity contribution in [2.75, 3.05) is 11.9 Å². The summed E-state index contributed by atoms with van der Waals surface area (Å²) in [4.78, 5) is 32.2. The third-order valence-corrected chi connectivity index (χ3v) is 7.50. The second kappa shape index (κ2) is 14.9. The van der Waals surface area contributed by atoms with E-state index in [4.69, 9.17) is 0 Å². The number of aromatic nitrogens is 3. The maximum Gasteiger partial charge on any atom is 0.359 e. The average molecular weight is 603 g/mol. The average Bonchev–Trinajstić information content (AvgIpc) is 2.97. The van der Waals surface area contributed by atoms with E-state index in [0.29, 0.717) is 11.1 Å². The van der Waals surface area contributed by atoms with Gasteiger partial charge < -0.3 is 15.7 Å². The molecule has 0 unspecified atom stereocenters. The number of phenols is 1. The Morgan fingerprint density at radius 3 is 2.63 bits per heavy atom. The van der Waals surface area contributed by atoms with E-state index in [1.807, 2.05) is 20.8 Å². The number of halogens is 1. The van der Waals surface area contributed by atoms with Gasteiger partial charge in [0, 0.05) is 11.4 Å². The Kier molecular flexibility index (Phi) is 11.3. The molecule has 224 valence electrons. The Bertz CT molecular complexity index is 1780. The fourth-order valence-electron chi connectivity index (χ4n) is 4.09. The maximum atomic E-state index is 14.1. The number of phenolic OH excluding ortho intramolecular Hbond substituents is 1. The van der Waals surface area contributed by atoms with Gasteiger partial charge in [-0.25, -0.2) is 18.5 Å². The zero-order valence-electron chi connectivity index (χ0n) is 24.9. The minimum Gasteiger partial charge on any atom is -0.506 e. The van der Waals surface area contributed by atoms with Crippen molar-refractivity contribution in [3.05, 3.63) is 115 Å². The van der Waals surface area contributed by atoms with E-state index in [2.05, 4.69) is 28.3 Å². The molecular formula is C32H35FN6O3S. The summed E-state index contributed by atoms with van der Waals surface area (Å²) in [6, 6.07) is 9.03. The van der Waals surface area contributed by atoms with Crippen molar-refractivity contribution in [1.29, 1.82) is 5.26 Å². The SMILES string of the molecule is C=C/C(C)=C\C(=C/C)n1c(=O)nc(Nc2cc(S/C(=C/CC)NCC)c(C)cc2O)n(Cc2ccc(F)c(C#N)c2)c1=O. The number of rotatable bonds is 12. The minimum absolute atomic E-state index is 0.108. The van der Waals surface area contributed by atoms with Gasteiger partial charge in [0.25, 0.3) is 0 Å². The van der Waals surface area contributed by atoms with Crippen molar-refractivity contribution in [2.45, 2.75) is 52.5 Å². The van der Waals surface area contributed by atoms with E-state index in [1.165, 1.54) is 28.5 Å². The Balaban J connectivity index is 2.23. The van der Waals surface area contributed by atoms with Gasteiger partial charge in [0.15, 0.2) is 0 Å². The lowest BCUT2D eigenvalue weighted by Gasteiger charge is -2.18. The number of hydrogen-bond acceptors (Lipinski definition) is 8. The number of aromatic hydroxyl groups is 1. The third kappa shape index (κ3) is 7.93. The number of aryl methyl sites for hydroxylation is 1. The van der Waals surface area contributed by atoms with Crippen LogP contribution in [-0.4, -0.2) is 25.8 Å². The van der Waals surface area contributed by atoms with Crippen LogP contribution >= 0.6 is 11.8 Å². The van der Waals surface area contributed by atoms with Gasteiger partial charge in [-0.1, -0.05) is 49.6 Å². The molecule has 2 aromatic carbocycles. The van der Waals surface area contributed by atoms with Crippen LogP contribution in [-0.2, 0) is 6.54 Å². The quantitative estimate of drug-likeness (QED) is 0.128. The zero-order valence-corrected chi connectivity index (χ0v) is 25.7. The van der Waals surface area contributed by atoms with Crippen molar-refractivity contribution in [2.24, 2.45) is 0 Å². The van der Waals surface area contributed by atoms with E-state index in [9.17, 15) is 24.3 Å². The summed E-state index contributed by atoms with van der Waals surface area (Å²) in [5, 5.41) is 27.4. The number of thioether (sulfide) groups is 1. The molecule has 11 heteroatoms. The molecule has 3 aromatic rings. The van der Waals surface area contributed by atoms with Crippen molar-refractivity contribution in [1.82, 2.24) is 19.4 Å². The van der Waals surface area contributed by atoms with Gasteiger partial charge in [-0.3, -0.25) is 4.57 Å². The highest BCUT2D eigenvalue weighted by atomic mass is 32.2. The number of anilines is 2. The van der Waals surface area contributed by atoms with Crippen molar-refractivity contribution < 1.29 is 9.50 Å². The first-order valence-corrected chi connectivity index (χ1v) is 14.5.